The minimum absolute atomic E-state index is 0.177. The molecule has 262 valence electrons. The van der Waals surface area contributed by atoms with E-state index in [1.165, 1.54) is 85.9 Å². The summed E-state index contributed by atoms with van der Waals surface area (Å²) in [6.07, 6.45) is 17.8. The number of allylic oxidation sites excluding steroid dienone is 4. The monoisotopic (exact) mass is 748 g/mol. The van der Waals surface area contributed by atoms with Crippen LogP contribution in [0.5, 0.6) is 0 Å². The van der Waals surface area contributed by atoms with Gasteiger partial charge in [-0.05, 0) is 79.1 Å². The molecule has 0 amide bonds. The van der Waals surface area contributed by atoms with Crippen molar-refractivity contribution in [3.63, 3.8) is 0 Å². The van der Waals surface area contributed by atoms with Gasteiger partial charge in [-0.25, -0.2) is 5.57 Å². The van der Waals surface area contributed by atoms with Gasteiger partial charge in [-0.15, -0.1) is 5.56 Å². The molecular weight excluding hydrogens is 692 g/mol. The van der Waals surface area contributed by atoms with E-state index in [0.29, 0.717) is 11.3 Å². The van der Waals surface area contributed by atoms with Gasteiger partial charge in [0, 0.05) is 0 Å². The second kappa shape index (κ2) is 14.3. The van der Waals surface area contributed by atoms with E-state index in [4.69, 9.17) is 0 Å². The van der Waals surface area contributed by atoms with Crippen LogP contribution in [0.25, 0.3) is 21.9 Å². The van der Waals surface area contributed by atoms with Crippen molar-refractivity contribution in [1.29, 1.82) is 0 Å². The van der Waals surface area contributed by atoms with Crippen molar-refractivity contribution in [2.75, 3.05) is 0 Å². The van der Waals surface area contributed by atoms with E-state index in [1.807, 2.05) is 0 Å². The first kappa shape index (κ1) is 36.7. The van der Waals surface area contributed by atoms with Gasteiger partial charge in [0.05, 0.1) is 0 Å². The SMILES string of the molecule is CC(C)(C)c1c[c-]c2c(c1)-c1cc(C(C)(C)C)ccc1C2.CC1=[C-]C(C)C=C1CC12CC3CC(CC(C3)C1)C2.[Zr+2]=[CH]c1cccc2ccccc12. The third kappa shape index (κ3) is 8.01. The molecule has 0 N–H and O–H groups in total. The van der Waals surface area contributed by atoms with Crippen LogP contribution in [0.4, 0.5) is 0 Å². The Balaban J connectivity index is 0.000000124. The molecule has 4 saturated carbocycles. The van der Waals surface area contributed by atoms with Crippen LogP contribution in [0.3, 0.4) is 0 Å². The van der Waals surface area contributed by atoms with Crippen LogP contribution in [-0.2, 0) is 41.5 Å². The van der Waals surface area contributed by atoms with Crippen LogP contribution in [-0.4, -0.2) is 3.71 Å². The summed E-state index contributed by atoms with van der Waals surface area (Å²) in [7, 11) is 0. The summed E-state index contributed by atoms with van der Waals surface area (Å²) in [4.78, 5) is 0. The summed E-state index contributed by atoms with van der Waals surface area (Å²) in [6.45, 7) is 18.2. The van der Waals surface area contributed by atoms with Crippen LogP contribution in [0.2, 0.25) is 0 Å². The minimum atomic E-state index is 0.177. The van der Waals surface area contributed by atoms with Crippen molar-refractivity contribution in [3.05, 3.63) is 130 Å². The van der Waals surface area contributed by atoms with Crippen molar-refractivity contribution >= 4 is 14.5 Å². The van der Waals surface area contributed by atoms with E-state index < -0.39 is 0 Å². The summed E-state index contributed by atoms with van der Waals surface area (Å²) in [5.74, 6) is 3.82. The summed E-state index contributed by atoms with van der Waals surface area (Å²) in [6, 6.07) is 30.0. The molecule has 0 aliphatic heterocycles. The van der Waals surface area contributed by atoms with Crippen molar-refractivity contribution in [1.82, 2.24) is 0 Å². The maximum absolute atomic E-state index is 3.57. The molecule has 0 heterocycles. The van der Waals surface area contributed by atoms with E-state index in [9.17, 15) is 0 Å². The molecule has 4 bridgehead atoms. The van der Waals surface area contributed by atoms with Crippen molar-refractivity contribution < 1.29 is 24.2 Å². The molecule has 10 rings (SSSR count). The average molecular weight is 750 g/mol. The number of fused-ring (bicyclic) bond motifs is 4. The fraction of sp³-hybridized carbons (Fsp3) is 0.460. The first-order valence-corrected chi connectivity index (χ1v) is 21.1. The normalized spacial score (nSPS) is 25.6. The van der Waals surface area contributed by atoms with Gasteiger partial charge in [-0.2, -0.15) is 41.0 Å². The molecule has 0 spiro atoms. The van der Waals surface area contributed by atoms with Crippen LogP contribution < -0.4 is 0 Å². The fourth-order valence-electron chi connectivity index (χ4n) is 10.4. The molecule has 4 fully saturated rings. The third-order valence-electron chi connectivity index (χ3n) is 12.6. The summed E-state index contributed by atoms with van der Waals surface area (Å²) < 4.78 is 2.23. The second-order valence-corrected chi connectivity index (χ2v) is 19.6. The number of hydrogen-bond donors (Lipinski definition) is 0. The Bertz CT molecular complexity index is 1880. The second-order valence-electron chi connectivity index (χ2n) is 18.9. The Morgan fingerprint density at radius 1 is 0.784 bits per heavy atom. The van der Waals surface area contributed by atoms with Gasteiger partial charge >= 0.3 is 86.7 Å². The van der Waals surface area contributed by atoms with Gasteiger partial charge in [0.2, 0.25) is 0 Å². The molecule has 4 aromatic carbocycles. The molecule has 0 nitrogen and oxygen atoms in total. The van der Waals surface area contributed by atoms with Crippen molar-refractivity contribution in [3.8, 4) is 11.1 Å². The Labute approximate surface area is 324 Å². The van der Waals surface area contributed by atoms with Gasteiger partial charge in [0.25, 0.3) is 0 Å². The zero-order valence-corrected chi connectivity index (χ0v) is 35.0. The Morgan fingerprint density at radius 2 is 1.41 bits per heavy atom. The molecule has 0 saturated heterocycles. The topological polar surface area (TPSA) is 0 Å². The predicted octanol–water partition coefficient (Wildman–Crippen LogP) is 13.1. The Morgan fingerprint density at radius 3 is 2.02 bits per heavy atom. The molecular formula is C50H58Zr. The van der Waals surface area contributed by atoms with Crippen molar-refractivity contribution in [2.45, 2.75) is 118 Å². The van der Waals surface area contributed by atoms with Crippen LogP contribution in [0, 0.1) is 41.2 Å². The van der Waals surface area contributed by atoms with E-state index in [0.717, 1.165) is 24.2 Å². The molecule has 1 atom stereocenters. The molecule has 6 aliphatic carbocycles. The van der Waals surface area contributed by atoms with Crippen LogP contribution in [0.1, 0.15) is 128 Å². The standard InChI is InChI=1S/C21H25.C18H25.C11H8.Zr/c1-20(2,3)16-9-7-14-11-15-8-10-17(21(4,5)6)13-19(15)18(14)12-16;1-12-3-13(2)17(4-12)11-18-8-14-5-15(9-18)7-16(6-14)10-18;1-9-5-4-7-10-6-2-3-8-11(9)10;/h7,9-10,12-13H,11H2,1-6H3;4,12,14-16H,5-11H2,1-2H3;1-8H;/q2*-1;;+2. The van der Waals surface area contributed by atoms with E-state index >= 15 is 0 Å². The number of rotatable bonds is 3. The third-order valence-corrected chi connectivity index (χ3v) is 13.4. The average Bonchev–Trinajstić information content (AvgIpc) is 3.60. The molecule has 0 aromatic heterocycles. The van der Waals surface area contributed by atoms with Gasteiger partial charge in [0.1, 0.15) is 0 Å². The molecule has 1 heteroatoms. The van der Waals surface area contributed by atoms with Gasteiger partial charge in [0.15, 0.2) is 0 Å². The quantitative estimate of drug-likeness (QED) is 0.161. The van der Waals surface area contributed by atoms with Gasteiger partial charge < -0.3 is 0 Å². The van der Waals surface area contributed by atoms with E-state index in [2.05, 4.69) is 150 Å². The molecule has 0 radical (unpaired) electrons. The Hall–Kier alpha value is -2.63. The Kier molecular flexibility index (Phi) is 10.3. The molecule has 4 aromatic rings. The van der Waals surface area contributed by atoms with Crippen LogP contribution in [0.15, 0.2) is 90.0 Å². The molecule has 1 unspecified atom stereocenters. The molecule has 51 heavy (non-hydrogen) atoms. The number of benzene rings is 4. The number of hydrogen-bond acceptors (Lipinski definition) is 0. The summed E-state index contributed by atoms with van der Waals surface area (Å²) in [5, 5.41) is 2.69. The van der Waals surface area contributed by atoms with E-state index in [1.54, 1.807) is 44.1 Å². The summed E-state index contributed by atoms with van der Waals surface area (Å²) >= 11 is 1.46. The van der Waals surface area contributed by atoms with Crippen molar-refractivity contribution in [2.24, 2.45) is 29.1 Å². The van der Waals surface area contributed by atoms with Gasteiger partial charge in [-0.1, -0.05) is 102 Å². The maximum atomic E-state index is 3.57. The zero-order valence-electron chi connectivity index (χ0n) is 32.5. The first-order chi connectivity index (χ1) is 24.2. The van der Waals surface area contributed by atoms with Crippen LogP contribution >= 0.6 is 0 Å². The summed E-state index contributed by atoms with van der Waals surface area (Å²) in [5.41, 5.74) is 13.9. The fourth-order valence-corrected chi connectivity index (χ4v) is 11.0. The van der Waals surface area contributed by atoms with Gasteiger partial charge in [-0.3, -0.25) is 6.08 Å². The predicted molar refractivity (Wildman–Crippen MR) is 215 cm³/mol. The zero-order chi connectivity index (χ0) is 36.1. The van der Waals surface area contributed by atoms with E-state index in [-0.39, 0.29) is 10.8 Å². The molecule has 6 aliphatic rings. The first-order valence-electron chi connectivity index (χ1n) is 19.7.